The second kappa shape index (κ2) is 9.35. The molecule has 6 nitrogen and oxygen atoms in total. The molecule has 0 unspecified atom stereocenters. The maximum Gasteiger partial charge on any atom is 0.418 e. The lowest BCUT2D eigenvalue weighted by atomic mass is 10.1. The van der Waals surface area contributed by atoms with E-state index in [1.807, 2.05) is 11.0 Å². The van der Waals surface area contributed by atoms with Gasteiger partial charge >= 0.3 is 6.18 Å². The van der Waals surface area contributed by atoms with Gasteiger partial charge in [0.25, 0.3) is 0 Å². The number of piperidine rings is 1. The number of hydrogen-bond donors (Lipinski definition) is 1. The smallest absolute Gasteiger partial charge is 0.393 e. The number of aliphatic hydroxyl groups excluding tert-OH is 1. The van der Waals surface area contributed by atoms with Gasteiger partial charge in [-0.05, 0) is 56.2 Å². The molecular weight excluding hydrogens is 474 g/mol. The predicted octanol–water partition coefficient (Wildman–Crippen LogP) is 3.71. The second-order valence-electron chi connectivity index (χ2n) is 8.79. The van der Waals surface area contributed by atoms with Gasteiger partial charge in [-0.15, -0.1) is 0 Å². The van der Waals surface area contributed by atoms with Gasteiger partial charge in [0.1, 0.15) is 5.82 Å². The van der Waals surface area contributed by atoms with Crippen LogP contribution in [0.2, 0.25) is 0 Å². The summed E-state index contributed by atoms with van der Waals surface area (Å²) in [4.78, 5) is 3.60. The third kappa shape index (κ3) is 5.01. The Morgan fingerprint density at radius 2 is 1.68 bits per heavy atom. The van der Waals surface area contributed by atoms with Crippen LogP contribution in [0.5, 0.6) is 0 Å². The summed E-state index contributed by atoms with van der Waals surface area (Å²) in [5.41, 5.74) is -0.483. The number of alkyl halides is 3. The standard InChI is InChI=1S/C23H27F4N3O3S/c1-16-15-29(22-6-5-17(24)13-21(22)23(25,26)27)11-12-30(16)34(32,33)20-4-2-3-18(14-20)28-9-7-19(31)8-10-28/h2-6,13-14,16,19,31H,7-12,15H2,1H3/t16-/m1/s1. The highest BCUT2D eigenvalue weighted by Crippen LogP contribution is 2.38. The van der Waals surface area contributed by atoms with Crippen molar-refractivity contribution in [2.45, 2.75) is 43.0 Å². The van der Waals surface area contributed by atoms with E-state index in [1.165, 1.54) is 15.3 Å². The molecule has 0 spiro atoms. The number of aliphatic hydroxyl groups is 1. The molecule has 2 aromatic carbocycles. The molecular formula is C23H27F4N3O3S. The molecule has 2 aliphatic rings. The van der Waals surface area contributed by atoms with Gasteiger partial charge in [-0.2, -0.15) is 17.5 Å². The Labute approximate surface area is 196 Å². The zero-order chi connectivity index (χ0) is 24.7. The molecule has 4 rings (SSSR count). The van der Waals surface area contributed by atoms with Crippen molar-refractivity contribution in [1.82, 2.24) is 4.31 Å². The van der Waals surface area contributed by atoms with Gasteiger partial charge in [-0.1, -0.05) is 6.07 Å². The summed E-state index contributed by atoms with van der Waals surface area (Å²) in [7, 11) is -3.89. The molecule has 2 heterocycles. The largest absolute Gasteiger partial charge is 0.418 e. The third-order valence-electron chi connectivity index (χ3n) is 6.43. The quantitative estimate of drug-likeness (QED) is 0.648. The molecule has 2 aliphatic heterocycles. The van der Waals surface area contributed by atoms with Gasteiger partial charge in [0, 0.05) is 50.1 Å². The summed E-state index contributed by atoms with van der Waals surface area (Å²) < 4.78 is 82.0. The highest BCUT2D eigenvalue weighted by Gasteiger charge is 2.39. The molecule has 0 aromatic heterocycles. The van der Waals surface area contributed by atoms with E-state index in [0.717, 1.165) is 17.8 Å². The van der Waals surface area contributed by atoms with Crippen LogP contribution in [0.25, 0.3) is 0 Å². The Morgan fingerprint density at radius 1 is 0.971 bits per heavy atom. The lowest BCUT2D eigenvalue weighted by Gasteiger charge is -2.41. The number of benzene rings is 2. The Hall–Kier alpha value is -2.37. The molecule has 0 amide bonds. The number of piperazine rings is 1. The first-order valence-electron chi connectivity index (χ1n) is 11.1. The Morgan fingerprint density at radius 3 is 2.32 bits per heavy atom. The molecule has 2 fully saturated rings. The lowest BCUT2D eigenvalue weighted by molar-refractivity contribution is -0.137. The number of nitrogens with zero attached hydrogens (tertiary/aromatic N) is 3. The molecule has 34 heavy (non-hydrogen) atoms. The zero-order valence-corrected chi connectivity index (χ0v) is 19.5. The van der Waals surface area contributed by atoms with Crippen LogP contribution in [-0.4, -0.2) is 62.7 Å². The summed E-state index contributed by atoms with van der Waals surface area (Å²) >= 11 is 0. The molecule has 0 bridgehead atoms. The van der Waals surface area contributed by atoms with Crippen molar-refractivity contribution in [2.75, 3.05) is 42.5 Å². The zero-order valence-electron chi connectivity index (χ0n) is 18.7. The molecule has 0 radical (unpaired) electrons. The van der Waals surface area contributed by atoms with Crippen molar-refractivity contribution in [2.24, 2.45) is 0 Å². The van der Waals surface area contributed by atoms with Gasteiger partial charge in [0.2, 0.25) is 10.0 Å². The van der Waals surface area contributed by atoms with E-state index in [1.54, 1.807) is 19.1 Å². The van der Waals surface area contributed by atoms with E-state index in [4.69, 9.17) is 0 Å². The van der Waals surface area contributed by atoms with Gasteiger partial charge < -0.3 is 14.9 Å². The molecule has 0 aliphatic carbocycles. The topological polar surface area (TPSA) is 64.1 Å². The number of rotatable bonds is 4. The average molecular weight is 502 g/mol. The van der Waals surface area contributed by atoms with Gasteiger partial charge in [0.15, 0.2) is 0 Å². The molecule has 11 heteroatoms. The van der Waals surface area contributed by atoms with Crippen LogP contribution in [0, 0.1) is 5.82 Å². The first kappa shape index (κ1) is 24.7. The van der Waals surface area contributed by atoms with Gasteiger partial charge in [0.05, 0.1) is 16.6 Å². The first-order chi connectivity index (χ1) is 16.0. The van der Waals surface area contributed by atoms with Crippen LogP contribution < -0.4 is 9.80 Å². The molecule has 186 valence electrons. The minimum atomic E-state index is -4.73. The first-order valence-corrected chi connectivity index (χ1v) is 12.6. The number of sulfonamides is 1. The van der Waals surface area contributed by atoms with Crippen molar-refractivity contribution in [3.63, 3.8) is 0 Å². The number of anilines is 2. The third-order valence-corrected chi connectivity index (χ3v) is 8.43. The van der Waals surface area contributed by atoms with E-state index in [0.29, 0.717) is 32.0 Å². The van der Waals surface area contributed by atoms with Crippen LogP contribution >= 0.6 is 0 Å². The van der Waals surface area contributed by atoms with E-state index < -0.39 is 33.6 Å². The Bertz CT molecular complexity index is 1130. The Kier molecular flexibility index (Phi) is 6.80. The van der Waals surface area contributed by atoms with Crippen LogP contribution in [-0.2, 0) is 16.2 Å². The fraction of sp³-hybridized carbons (Fsp3) is 0.478. The van der Waals surface area contributed by atoms with Crippen molar-refractivity contribution < 1.29 is 31.1 Å². The summed E-state index contributed by atoms with van der Waals surface area (Å²) in [6.45, 7) is 2.98. The number of hydrogen-bond acceptors (Lipinski definition) is 5. The van der Waals surface area contributed by atoms with E-state index >= 15 is 0 Å². The van der Waals surface area contributed by atoms with Crippen molar-refractivity contribution in [3.05, 3.63) is 53.8 Å². The predicted molar refractivity (Wildman–Crippen MR) is 121 cm³/mol. The van der Waals surface area contributed by atoms with E-state index in [2.05, 4.69) is 0 Å². The van der Waals surface area contributed by atoms with Crippen molar-refractivity contribution in [1.29, 1.82) is 0 Å². The summed E-state index contributed by atoms with van der Waals surface area (Å²) in [5, 5.41) is 9.72. The van der Waals surface area contributed by atoms with Crippen LogP contribution in [0.15, 0.2) is 47.4 Å². The fourth-order valence-corrected chi connectivity index (χ4v) is 6.28. The maximum absolute atomic E-state index is 13.5. The molecule has 1 atom stereocenters. The van der Waals surface area contributed by atoms with Crippen molar-refractivity contribution >= 4 is 21.4 Å². The van der Waals surface area contributed by atoms with Crippen LogP contribution in [0.3, 0.4) is 0 Å². The minimum absolute atomic E-state index is 0.00168. The van der Waals surface area contributed by atoms with Gasteiger partial charge in [-0.25, -0.2) is 12.8 Å². The molecule has 2 saturated heterocycles. The normalized spacial score (nSPS) is 21.2. The highest BCUT2D eigenvalue weighted by atomic mass is 32.2. The summed E-state index contributed by atoms with van der Waals surface area (Å²) in [6, 6.07) is 8.55. The minimum Gasteiger partial charge on any atom is -0.393 e. The summed E-state index contributed by atoms with van der Waals surface area (Å²) in [6.07, 6.45) is -3.85. The summed E-state index contributed by atoms with van der Waals surface area (Å²) in [5.74, 6) is -0.978. The average Bonchev–Trinajstić information content (AvgIpc) is 2.79. The van der Waals surface area contributed by atoms with E-state index in [-0.39, 0.29) is 36.3 Å². The van der Waals surface area contributed by atoms with Crippen molar-refractivity contribution in [3.8, 4) is 0 Å². The highest BCUT2D eigenvalue weighted by molar-refractivity contribution is 7.89. The fourth-order valence-electron chi connectivity index (χ4n) is 4.63. The van der Waals surface area contributed by atoms with Crippen LogP contribution in [0.1, 0.15) is 25.3 Å². The molecule has 0 saturated carbocycles. The lowest BCUT2D eigenvalue weighted by Crippen LogP contribution is -2.54. The monoisotopic (exact) mass is 501 g/mol. The Balaban J connectivity index is 1.54. The van der Waals surface area contributed by atoms with Crippen LogP contribution in [0.4, 0.5) is 28.9 Å². The maximum atomic E-state index is 13.5. The molecule has 1 N–H and O–H groups in total. The van der Waals surface area contributed by atoms with E-state index in [9.17, 15) is 31.1 Å². The van der Waals surface area contributed by atoms with Gasteiger partial charge in [-0.3, -0.25) is 0 Å². The second-order valence-corrected chi connectivity index (χ2v) is 10.7. The molecule has 2 aromatic rings. The number of halogens is 4. The SMILES string of the molecule is C[C@@H]1CN(c2ccc(F)cc2C(F)(F)F)CCN1S(=O)(=O)c1cccc(N2CCC(O)CC2)c1.